The van der Waals surface area contributed by atoms with Crippen molar-refractivity contribution in [3.63, 3.8) is 0 Å². The van der Waals surface area contributed by atoms with E-state index in [1.165, 1.54) is 25.4 Å². The van der Waals surface area contributed by atoms with E-state index in [0.717, 1.165) is 16.5 Å². The predicted molar refractivity (Wildman–Crippen MR) is 106 cm³/mol. The van der Waals surface area contributed by atoms with Gasteiger partial charge in [-0.05, 0) is 35.4 Å². The van der Waals surface area contributed by atoms with E-state index in [2.05, 4.69) is 15.3 Å². The second kappa shape index (κ2) is 7.08. The molecule has 0 saturated heterocycles. The van der Waals surface area contributed by atoms with E-state index in [9.17, 15) is 14.3 Å². The Morgan fingerprint density at radius 2 is 1.75 bits per heavy atom. The molecule has 28 heavy (non-hydrogen) atoms. The van der Waals surface area contributed by atoms with Gasteiger partial charge in [-0.3, -0.25) is 4.79 Å². The van der Waals surface area contributed by atoms with E-state index in [-0.39, 0.29) is 17.3 Å². The lowest BCUT2D eigenvalue weighted by molar-refractivity contribution is -0.114. The van der Waals surface area contributed by atoms with Crippen molar-refractivity contribution in [2.24, 2.45) is 0 Å². The summed E-state index contributed by atoms with van der Waals surface area (Å²) >= 11 is 0. The maximum atomic E-state index is 14.3. The highest BCUT2D eigenvalue weighted by Gasteiger charge is 2.13. The van der Waals surface area contributed by atoms with Gasteiger partial charge in [-0.2, -0.15) is 0 Å². The molecule has 0 aliphatic heterocycles. The fourth-order valence-corrected chi connectivity index (χ4v) is 3.14. The van der Waals surface area contributed by atoms with Gasteiger partial charge >= 0.3 is 0 Å². The molecule has 0 spiro atoms. The molecule has 4 aromatic rings. The first kappa shape index (κ1) is 17.6. The Balaban J connectivity index is 1.78. The molecule has 3 aromatic carbocycles. The zero-order valence-corrected chi connectivity index (χ0v) is 15.0. The van der Waals surface area contributed by atoms with Crippen LogP contribution in [0.2, 0.25) is 0 Å². The number of hydrogen-bond donors (Lipinski definition) is 2. The average Bonchev–Trinajstić information content (AvgIpc) is 2.69. The predicted octanol–water partition coefficient (Wildman–Crippen LogP) is 4.77. The molecule has 0 aliphatic carbocycles. The number of hydrogen-bond acceptors (Lipinski definition) is 4. The summed E-state index contributed by atoms with van der Waals surface area (Å²) in [7, 11) is 0. The summed E-state index contributed by atoms with van der Waals surface area (Å²) in [5, 5.41) is 14.1. The number of carbonyl (C=O) groups is 1. The van der Waals surface area contributed by atoms with Crippen molar-refractivity contribution in [2.75, 3.05) is 5.32 Å². The molecule has 1 aromatic heterocycles. The van der Waals surface area contributed by atoms with Crippen molar-refractivity contribution in [1.82, 2.24) is 9.97 Å². The standard InChI is InChI=1S/C22H16FN3O2/c1-13(27)26-21-8-6-15(10-19(21)23)18-4-2-3-17(22(18)28)14-5-7-20-16(9-14)11-24-12-25-20/h2-12,28H,1H3,(H,26,27). The van der Waals surface area contributed by atoms with Crippen LogP contribution >= 0.6 is 0 Å². The fraction of sp³-hybridized carbons (Fsp3) is 0.0455. The van der Waals surface area contributed by atoms with E-state index >= 15 is 0 Å². The highest BCUT2D eigenvalue weighted by Crippen LogP contribution is 2.39. The Kier molecular flexibility index (Phi) is 4.45. The number of phenolic OH excluding ortho intramolecular Hbond substituents is 1. The average molecular weight is 373 g/mol. The third kappa shape index (κ3) is 3.27. The molecule has 4 rings (SSSR count). The Morgan fingerprint density at radius 3 is 2.46 bits per heavy atom. The quantitative estimate of drug-likeness (QED) is 0.543. The fourth-order valence-electron chi connectivity index (χ4n) is 3.14. The number of carbonyl (C=O) groups excluding carboxylic acids is 1. The molecular formula is C22H16FN3O2. The summed E-state index contributed by atoms with van der Waals surface area (Å²) in [5.74, 6) is -0.873. The van der Waals surface area contributed by atoms with Crippen molar-refractivity contribution < 1.29 is 14.3 Å². The van der Waals surface area contributed by atoms with Gasteiger partial charge in [0.2, 0.25) is 5.91 Å². The first-order chi connectivity index (χ1) is 13.5. The van der Waals surface area contributed by atoms with Gasteiger partial charge < -0.3 is 10.4 Å². The smallest absolute Gasteiger partial charge is 0.221 e. The van der Waals surface area contributed by atoms with Crippen molar-refractivity contribution >= 4 is 22.5 Å². The maximum absolute atomic E-state index is 14.3. The minimum atomic E-state index is -0.569. The minimum absolute atomic E-state index is 0.0466. The molecule has 138 valence electrons. The monoisotopic (exact) mass is 373 g/mol. The number of para-hydroxylation sites is 1. The van der Waals surface area contributed by atoms with Crippen LogP contribution in [0.5, 0.6) is 5.75 Å². The van der Waals surface area contributed by atoms with Crippen LogP contribution in [-0.4, -0.2) is 21.0 Å². The molecule has 5 nitrogen and oxygen atoms in total. The number of aromatic nitrogens is 2. The van der Waals surface area contributed by atoms with E-state index < -0.39 is 5.82 Å². The molecule has 1 amide bonds. The van der Waals surface area contributed by atoms with Gasteiger partial charge in [0, 0.05) is 29.6 Å². The van der Waals surface area contributed by atoms with Crippen molar-refractivity contribution in [3.05, 3.63) is 72.9 Å². The normalized spacial score (nSPS) is 10.8. The summed E-state index contributed by atoms with van der Waals surface area (Å²) in [6, 6.07) is 15.4. The number of halogens is 1. The number of fused-ring (bicyclic) bond motifs is 1. The summed E-state index contributed by atoms with van der Waals surface area (Å²) in [6.45, 7) is 1.32. The van der Waals surface area contributed by atoms with Gasteiger partial charge in [-0.25, -0.2) is 14.4 Å². The highest BCUT2D eigenvalue weighted by atomic mass is 19.1. The van der Waals surface area contributed by atoms with Crippen LogP contribution in [0.1, 0.15) is 6.92 Å². The number of nitrogens with zero attached hydrogens (tertiary/aromatic N) is 2. The first-order valence-corrected chi connectivity index (χ1v) is 8.62. The van der Waals surface area contributed by atoms with Crippen LogP contribution in [-0.2, 0) is 4.79 Å². The zero-order valence-electron chi connectivity index (χ0n) is 15.0. The molecule has 0 bridgehead atoms. The Morgan fingerprint density at radius 1 is 1.04 bits per heavy atom. The van der Waals surface area contributed by atoms with Crippen LogP contribution in [0.4, 0.5) is 10.1 Å². The number of aromatic hydroxyl groups is 1. The van der Waals surface area contributed by atoms with Crippen LogP contribution in [0.3, 0.4) is 0 Å². The van der Waals surface area contributed by atoms with Gasteiger partial charge in [0.05, 0.1) is 11.2 Å². The summed E-state index contributed by atoms with van der Waals surface area (Å²) in [6.07, 6.45) is 3.20. The number of phenols is 1. The van der Waals surface area contributed by atoms with Crippen LogP contribution in [0, 0.1) is 5.82 Å². The molecular weight excluding hydrogens is 357 g/mol. The molecule has 0 aliphatic rings. The Bertz CT molecular complexity index is 1210. The second-order valence-corrected chi connectivity index (χ2v) is 6.37. The van der Waals surface area contributed by atoms with Crippen LogP contribution in [0.25, 0.3) is 33.2 Å². The van der Waals surface area contributed by atoms with Gasteiger partial charge in [-0.1, -0.05) is 30.3 Å². The highest BCUT2D eigenvalue weighted by molar-refractivity contribution is 5.90. The summed E-state index contributed by atoms with van der Waals surface area (Å²) in [4.78, 5) is 19.4. The van der Waals surface area contributed by atoms with E-state index in [1.54, 1.807) is 30.5 Å². The molecule has 2 N–H and O–H groups in total. The Labute approximate surface area is 160 Å². The van der Waals surface area contributed by atoms with Gasteiger partial charge in [0.25, 0.3) is 0 Å². The van der Waals surface area contributed by atoms with E-state index in [0.29, 0.717) is 16.7 Å². The van der Waals surface area contributed by atoms with Crippen molar-refractivity contribution in [3.8, 4) is 28.0 Å². The maximum Gasteiger partial charge on any atom is 0.221 e. The van der Waals surface area contributed by atoms with Gasteiger partial charge in [0.1, 0.15) is 17.9 Å². The van der Waals surface area contributed by atoms with Crippen molar-refractivity contribution in [2.45, 2.75) is 6.92 Å². The summed E-state index contributed by atoms with van der Waals surface area (Å²) in [5.41, 5.74) is 3.34. The number of amides is 1. The SMILES string of the molecule is CC(=O)Nc1ccc(-c2cccc(-c3ccc4ncncc4c3)c2O)cc1F. The lowest BCUT2D eigenvalue weighted by Crippen LogP contribution is -2.07. The lowest BCUT2D eigenvalue weighted by atomic mass is 9.96. The molecule has 1 heterocycles. The first-order valence-electron chi connectivity index (χ1n) is 8.62. The molecule has 6 heteroatoms. The minimum Gasteiger partial charge on any atom is -0.507 e. The van der Waals surface area contributed by atoms with Crippen LogP contribution < -0.4 is 5.32 Å². The molecule has 0 unspecified atom stereocenters. The number of nitrogens with one attached hydrogen (secondary N) is 1. The lowest BCUT2D eigenvalue weighted by Gasteiger charge is -2.12. The number of benzene rings is 3. The number of rotatable bonds is 3. The van der Waals surface area contributed by atoms with Crippen molar-refractivity contribution in [1.29, 1.82) is 0 Å². The largest absolute Gasteiger partial charge is 0.507 e. The van der Waals surface area contributed by atoms with Gasteiger partial charge in [-0.15, -0.1) is 0 Å². The Hall–Kier alpha value is -3.80. The third-order valence-electron chi connectivity index (χ3n) is 4.44. The molecule has 0 saturated carbocycles. The van der Waals surface area contributed by atoms with Gasteiger partial charge in [0.15, 0.2) is 0 Å². The zero-order chi connectivity index (χ0) is 19.7. The molecule has 0 radical (unpaired) electrons. The summed E-state index contributed by atoms with van der Waals surface area (Å²) < 4.78 is 14.3. The molecule has 0 atom stereocenters. The number of anilines is 1. The topological polar surface area (TPSA) is 75.1 Å². The van der Waals surface area contributed by atoms with E-state index in [1.807, 2.05) is 18.2 Å². The van der Waals surface area contributed by atoms with Crippen LogP contribution in [0.15, 0.2) is 67.1 Å². The molecule has 0 fully saturated rings. The third-order valence-corrected chi connectivity index (χ3v) is 4.44. The second-order valence-electron chi connectivity index (χ2n) is 6.37. The van der Waals surface area contributed by atoms with E-state index in [4.69, 9.17) is 0 Å².